The van der Waals surface area contributed by atoms with Gasteiger partial charge in [0.25, 0.3) is 5.91 Å². The average molecular weight is 368 g/mol. The molecule has 0 spiro atoms. The number of amides is 1. The van der Waals surface area contributed by atoms with Crippen molar-refractivity contribution in [1.82, 2.24) is 4.90 Å². The first kappa shape index (κ1) is 18.6. The number of hydrogen-bond acceptors (Lipinski definition) is 3. The van der Waals surface area contributed by atoms with E-state index in [2.05, 4.69) is 0 Å². The van der Waals surface area contributed by atoms with Gasteiger partial charge in [0, 0.05) is 25.8 Å². The van der Waals surface area contributed by atoms with Gasteiger partial charge in [0.1, 0.15) is 0 Å². The molecule has 0 atom stereocenters. The molecule has 0 aliphatic rings. The smallest absolute Gasteiger partial charge is 0.254 e. The largest absolute Gasteiger partial charge is 0.494 e. The van der Waals surface area contributed by atoms with Gasteiger partial charge in [-0.25, -0.2) is 0 Å². The molecular weight excluding hydrogens is 349 g/mol. The summed E-state index contributed by atoms with van der Waals surface area (Å²) in [5.41, 5.74) is 1.45. The van der Waals surface area contributed by atoms with Crippen LogP contribution in [0, 0.1) is 0 Å². The standard InChI is InChI=1S/C18H19Cl2NO3/c1-23-9-8-21(12-13-6-4-3-5-7-13)18(22)14-10-15(19)17(24-2)16(20)11-14/h3-7,10-11H,8-9,12H2,1-2H3. The predicted octanol–water partition coefficient (Wildman–Crippen LogP) is 4.29. The lowest BCUT2D eigenvalue weighted by Crippen LogP contribution is -2.33. The van der Waals surface area contributed by atoms with Crippen molar-refractivity contribution in [3.63, 3.8) is 0 Å². The van der Waals surface area contributed by atoms with Gasteiger partial charge in [-0.05, 0) is 17.7 Å². The van der Waals surface area contributed by atoms with E-state index < -0.39 is 0 Å². The molecule has 2 rings (SSSR count). The summed E-state index contributed by atoms with van der Waals surface area (Å²) in [6.07, 6.45) is 0. The lowest BCUT2D eigenvalue weighted by molar-refractivity contribution is 0.0680. The highest BCUT2D eigenvalue weighted by Gasteiger charge is 2.19. The number of ether oxygens (including phenoxy) is 2. The highest BCUT2D eigenvalue weighted by atomic mass is 35.5. The summed E-state index contributed by atoms with van der Waals surface area (Å²) in [7, 11) is 3.08. The van der Waals surface area contributed by atoms with E-state index in [4.69, 9.17) is 32.7 Å². The summed E-state index contributed by atoms with van der Waals surface area (Å²) in [5, 5.41) is 0.611. The molecule has 6 heteroatoms. The summed E-state index contributed by atoms with van der Waals surface area (Å²) in [4.78, 5) is 14.6. The van der Waals surface area contributed by atoms with Gasteiger partial charge >= 0.3 is 0 Å². The van der Waals surface area contributed by atoms with E-state index in [1.165, 1.54) is 7.11 Å². The lowest BCUT2D eigenvalue weighted by atomic mass is 10.1. The maximum atomic E-state index is 12.9. The molecule has 0 unspecified atom stereocenters. The number of rotatable bonds is 7. The Kier molecular flexibility index (Phi) is 6.91. The second kappa shape index (κ2) is 8.92. The number of benzene rings is 2. The van der Waals surface area contributed by atoms with Crippen molar-refractivity contribution < 1.29 is 14.3 Å². The van der Waals surface area contributed by atoms with Gasteiger partial charge in [0.15, 0.2) is 5.75 Å². The third-order valence-corrected chi connectivity index (χ3v) is 4.08. The van der Waals surface area contributed by atoms with Gasteiger partial charge in [0.2, 0.25) is 0 Å². The molecule has 4 nitrogen and oxygen atoms in total. The number of hydrogen-bond donors (Lipinski definition) is 0. The number of nitrogens with zero attached hydrogens (tertiary/aromatic N) is 1. The van der Waals surface area contributed by atoms with Crippen LogP contribution in [-0.4, -0.2) is 38.2 Å². The molecule has 0 aliphatic heterocycles. The maximum Gasteiger partial charge on any atom is 0.254 e. The van der Waals surface area contributed by atoms with E-state index in [0.29, 0.717) is 41.1 Å². The Morgan fingerprint density at radius 3 is 2.25 bits per heavy atom. The Morgan fingerprint density at radius 1 is 1.08 bits per heavy atom. The number of halogens is 2. The Balaban J connectivity index is 2.27. The molecule has 0 aliphatic carbocycles. The van der Waals surface area contributed by atoms with Gasteiger partial charge in [-0.15, -0.1) is 0 Å². The fourth-order valence-electron chi connectivity index (χ4n) is 2.32. The van der Waals surface area contributed by atoms with Crippen LogP contribution < -0.4 is 4.74 Å². The molecule has 2 aromatic rings. The fourth-order valence-corrected chi connectivity index (χ4v) is 2.96. The zero-order valence-corrected chi connectivity index (χ0v) is 15.1. The first-order valence-electron chi connectivity index (χ1n) is 7.42. The molecular formula is C18H19Cl2NO3. The topological polar surface area (TPSA) is 38.8 Å². The van der Waals surface area contributed by atoms with E-state index in [0.717, 1.165) is 5.56 Å². The molecule has 0 radical (unpaired) electrons. The quantitative estimate of drug-likeness (QED) is 0.732. The normalized spacial score (nSPS) is 10.5. The van der Waals surface area contributed by atoms with E-state index in [1.807, 2.05) is 30.3 Å². The van der Waals surface area contributed by atoms with Crippen LogP contribution in [0.2, 0.25) is 10.0 Å². The van der Waals surface area contributed by atoms with Crippen molar-refractivity contribution >= 4 is 29.1 Å². The molecule has 128 valence electrons. The molecule has 0 saturated carbocycles. The van der Waals surface area contributed by atoms with E-state index in [9.17, 15) is 4.79 Å². The number of carbonyl (C=O) groups is 1. The van der Waals surface area contributed by atoms with Crippen LogP contribution in [0.15, 0.2) is 42.5 Å². The summed E-state index contributed by atoms with van der Waals surface area (Å²) in [6.45, 7) is 1.38. The van der Waals surface area contributed by atoms with Crippen molar-refractivity contribution in [2.24, 2.45) is 0 Å². The van der Waals surface area contributed by atoms with Crippen molar-refractivity contribution in [3.8, 4) is 5.75 Å². The highest BCUT2D eigenvalue weighted by molar-refractivity contribution is 6.37. The monoisotopic (exact) mass is 367 g/mol. The van der Waals surface area contributed by atoms with Crippen molar-refractivity contribution in [3.05, 3.63) is 63.6 Å². The van der Waals surface area contributed by atoms with Gasteiger partial charge < -0.3 is 14.4 Å². The molecule has 0 aromatic heterocycles. The minimum Gasteiger partial charge on any atom is -0.494 e. The van der Waals surface area contributed by atoms with Crippen LogP contribution in [0.1, 0.15) is 15.9 Å². The minimum atomic E-state index is -0.164. The van der Waals surface area contributed by atoms with Crippen LogP contribution in [0.4, 0.5) is 0 Å². The molecule has 0 heterocycles. The van der Waals surface area contributed by atoms with Crippen molar-refractivity contribution in [2.45, 2.75) is 6.54 Å². The van der Waals surface area contributed by atoms with E-state index in [1.54, 1.807) is 24.1 Å². The minimum absolute atomic E-state index is 0.164. The third-order valence-electron chi connectivity index (χ3n) is 3.52. The van der Waals surface area contributed by atoms with Gasteiger partial charge in [-0.2, -0.15) is 0 Å². The second-order valence-corrected chi connectivity index (χ2v) is 5.99. The second-order valence-electron chi connectivity index (χ2n) is 5.18. The van der Waals surface area contributed by atoms with Gasteiger partial charge in [-0.3, -0.25) is 4.79 Å². The molecule has 0 saturated heterocycles. The number of methoxy groups -OCH3 is 2. The van der Waals surface area contributed by atoms with Gasteiger partial charge in [0.05, 0.1) is 23.8 Å². The predicted molar refractivity (Wildman–Crippen MR) is 96.1 cm³/mol. The zero-order chi connectivity index (χ0) is 17.5. The molecule has 0 N–H and O–H groups in total. The fraction of sp³-hybridized carbons (Fsp3) is 0.278. The molecule has 2 aromatic carbocycles. The zero-order valence-electron chi connectivity index (χ0n) is 13.6. The third kappa shape index (κ3) is 4.63. The van der Waals surface area contributed by atoms with Crippen LogP contribution in [0.5, 0.6) is 5.75 Å². The first-order chi connectivity index (χ1) is 11.6. The lowest BCUT2D eigenvalue weighted by Gasteiger charge is -2.23. The number of carbonyl (C=O) groups excluding carboxylic acids is 1. The molecule has 0 bridgehead atoms. The van der Waals surface area contributed by atoms with Crippen molar-refractivity contribution in [1.29, 1.82) is 0 Å². The first-order valence-corrected chi connectivity index (χ1v) is 8.17. The highest BCUT2D eigenvalue weighted by Crippen LogP contribution is 2.34. The Morgan fingerprint density at radius 2 is 1.71 bits per heavy atom. The van der Waals surface area contributed by atoms with Gasteiger partial charge in [-0.1, -0.05) is 53.5 Å². The molecule has 24 heavy (non-hydrogen) atoms. The van der Waals surface area contributed by atoms with E-state index >= 15 is 0 Å². The SMILES string of the molecule is COCCN(Cc1ccccc1)C(=O)c1cc(Cl)c(OC)c(Cl)c1. The summed E-state index contributed by atoms with van der Waals surface area (Å²) in [5.74, 6) is 0.198. The van der Waals surface area contributed by atoms with Crippen molar-refractivity contribution in [2.75, 3.05) is 27.4 Å². The maximum absolute atomic E-state index is 12.9. The van der Waals surface area contributed by atoms with Crippen LogP contribution in [0.25, 0.3) is 0 Å². The summed E-state index contributed by atoms with van der Waals surface area (Å²) < 4.78 is 10.2. The molecule has 0 fully saturated rings. The van der Waals surface area contributed by atoms with Crippen LogP contribution in [0.3, 0.4) is 0 Å². The average Bonchev–Trinajstić information content (AvgIpc) is 2.58. The Bertz CT molecular complexity index is 669. The van der Waals surface area contributed by atoms with Crippen LogP contribution in [-0.2, 0) is 11.3 Å². The summed E-state index contributed by atoms with van der Waals surface area (Å²) in [6, 6.07) is 12.9. The Hall–Kier alpha value is -1.75. The summed E-state index contributed by atoms with van der Waals surface area (Å²) >= 11 is 12.3. The molecule has 1 amide bonds. The van der Waals surface area contributed by atoms with Crippen LogP contribution >= 0.6 is 23.2 Å². The Labute approximate surface area is 151 Å². The van der Waals surface area contributed by atoms with E-state index in [-0.39, 0.29) is 5.91 Å².